The molecule has 1 unspecified atom stereocenters. The third kappa shape index (κ3) is 6.01. The average Bonchev–Trinajstić information content (AvgIpc) is 1.98. The predicted molar refractivity (Wildman–Crippen MR) is 38.7 cm³/mol. The molecular formula is C7H16O3. The summed E-state index contributed by atoms with van der Waals surface area (Å²) in [7, 11) is 1.61. The van der Waals surface area contributed by atoms with Crippen molar-refractivity contribution in [2.24, 2.45) is 0 Å². The molecule has 0 rings (SSSR count). The molecule has 3 heteroatoms. The summed E-state index contributed by atoms with van der Waals surface area (Å²) in [4.78, 5) is 0. The quantitative estimate of drug-likeness (QED) is 0.446. The van der Waals surface area contributed by atoms with Crippen LogP contribution < -0.4 is 0 Å². The van der Waals surface area contributed by atoms with Crippen molar-refractivity contribution in [1.82, 2.24) is 0 Å². The SMILES string of the molecule is COC(C)OCCCCO. The third-order valence-electron chi connectivity index (χ3n) is 1.24. The van der Waals surface area contributed by atoms with Crippen LogP contribution in [0.25, 0.3) is 0 Å². The summed E-state index contributed by atoms with van der Waals surface area (Å²) >= 11 is 0. The van der Waals surface area contributed by atoms with E-state index in [-0.39, 0.29) is 12.9 Å². The lowest BCUT2D eigenvalue weighted by Crippen LogP contribution is -2.11. The Hall–Kier alpha value is -0.120. The first-order chi connectivity index (χ1) is 4.81. The third-order valence-corrected chi connectivity index (χ3v) is 1.24. The Morgan fingerprint density at radius 1 is 1.40 bits per heavy atom. The average molecular weight is 148 g/mol. The highest BCUT2D eigenvalue weighted by Crippen LogP contribution is 1.94. The highest BCUT2D eigenvalue weighted by Gasteiger charge is 1.96. The first kappa shape index (κ1) is 9.88. The van der Waals surface area contributed by atoms with Crippen LogP contribution in [0.15, 0.2) is 0 Å². The molecule has 62 valence electrons. The van der Waals surface area contributed by atoms with E-state index in [4.69, 9.17) is 14.6 Å². The van der Waals surface area contributed by atoms with Gasteiger partial charge in [0.2, 0.25) is 0 Å². The van der Waals surface area contributed by atoms with Crippen LogP contribution in [0, 0.1) is 0 Å². The Morgan fingerprint density at radius 3 is 2.60 bits per heavy atom. The Bertz CT molecular complexity index is 65.9. The second-order valence-corrected chi connectivity index (χ2v) is 2.10. The standard InChI is InChI=1S/C7H16O3/c1-7(9-2)10-6-4-3-5-8/h7-8H,3-6H2,1-2H3. The van der Waals surface area contributed by atoms with Gasteiger partial charge in [-0.2, -0.15) is 0 Å². The van der Waals surface area contributed by atoms with Crippen molar-refractivity contribution in [3.8, 4) is 0 Å². The summed E-state index contributed by atoms with van der Waals surface area (Å²) < 4.78 is 10.0. The summed E-state index contributed by atoms with van der Waals surface area (Å²) in [6, 6.07) is 0. The van der Waals surface area contributed by atoms with Crippen molar-refractivity contribution >= 4 is 0 Å². The van der Waals surface area contributed by atoms with E-state index in [9.17, 15) is 0 Å². The number of methoxy groups -OCH3 is 1. The Morgan fingerprint density at radius 2 is 2.10 bits per heavy atom. The minimum Gasteiger partial charge on any atom is -0.396 e. The molecule has 0 aromatic rings. The maximum atomic E-state index is 8.40. The molecule has 0 heterocycles. The number of ether oxygens (including phenoxy) is 2. The van der Waals surface area contributed by atoms with Crippen LogP contribution >= 0.6 is 0 Å². The predicted octanol–water partition coefficient (Wildman–Crippen LogP) is 0.768. The van der Waals surface area contributed by atoms with Gasteiger partial charge in [0.15, 0.2) is 6.29 Å². The van der Waals surface area contributed by atoms with Gasteiger partial charge in [-0.3, -0.25) is 0 Å². The van der Waals surface area contributed by atoms with E-state index >= 15 is 0 Å². The van der Waals surface area contributed by atoms with Crippen molar-refractivity contribution in [3.05, 3.63) is 0 Å². The van der Waals surface area contributed by atoms with Gasteiger partial charge in [0.25, 0.3) is 0 Å². The Balaban J connectivity index is 2.89. The first-order valence-corrected chi connectivity index (χ1v) is 3.56. The van der Waals surface area contributed by atoms with E-state index in [0.717, 1.165) is 12.8 Å². The molecule has 0 fully saturated rings. The summed E-state index contributed by atoms with van der Waals surface area (Å²) in [6.07, 6.45) is 1.57. The molecule has 0 saturated heterocycles. The molecule has 1 N–H and O–H groups in total. The Kier molecular flexibility index (Phi) is 6.91. The lowest BCUT2D eigenvalue weighted by Gasteiger charge is -2.09. The van der Waals surface area contributed by atoms with Gasteiger partial charge in [0.1, 0.15) is 0 Å². The molecule has 0 radical (unpaired) electrons. The molecule has 3 nitrogen and oxygen atoms in total. The number of unbranched alkanes of at least 4 members (excludes halogenated alkanes) is 1. The number of aliphatic hydroxyl groups excluding tert-OH is 1. The fourth-order valence-electron chi connectivity index (χ4n) is 0.531. The zero-order chi connectivity index (χ0) is 7.82. The molecular weight excluding hydrogens is 132 g/mol. The van der Waals surface area contributed by atoms with Gasteiger partial charge in [-0.1, -0.05) is 0 Å². The minimum absolute atomic E-state index is 0.126. The van der Waals surface area contributed by atoms with E-state index in [1.807, 2.05) is 6.92 Å². The summed E-state index contributed by atoms with van der Waals surface area (Å²) in [5.74, 6) is 0. The van der Waals surface area contributed by atoms with Crippen molar-refractivity contribution in [2.75, 3.05) is 20.3 Å². The molecule has 0 aromatic heterocycles. The van der Waals surface area contributed by atoms with Crippen LogP contribution in [0.1, 0.15) is 19.8 Å². The van der Waals surface area contributed by atoms with E-state index in [1.54, 1.807) is 7.11 Å². The molecule has 0 aliphatic rings. The smallest absolute Gasteiger partial charge is 0.154 e. The van der Waals surface area contributed by atoms with Crippen molar-refractivity contribution in [3.63, 3.8) is 0 Å². The van der Waals surface area contributed by atoms with Crippen LogP contribution in [-0.2, 0) is 9.47 Å². The molecule has 0 aliphatic carbocycles. The molecule has 10 heavy (non-hydrogen) atoms. The van der Waals surface area contributed by atoms with Gasteiger partial charge in [0, 0.05) is 20.3 Å². The van der Waals surface area contributed by atoms with Crippen molar-refractivity contribution in [2.45, 2.75) is 26.1 Å². The van der Waals surface area contributed by atoms with Gasteiger partial charge < -0.3 is 14.6 Å². The summed E-state index contributed by atoms with van der Waals surface area (Å²) in [5.41, 5.74) is 0. The maximum absolute atomic E-state index is 8.40. The molecule has 0 amide bonds. The van der Waals surface area contributed by atoms with E-state index in [2.05, 4.69) is 0 Å². The van der Waals surface area contributed by atoms with Crippen LogP contribution in [0.2, 0.25) is 0 Å². The fraction of sp³-hybridized carbons (Fsp3) is 1.00. The van der Waals surface area contributed by atoms with E-state index < -0.39 is 0 Å². The van der Waals surface area contributed by atoms with Gasteiger partial charge in [0.05, 0.1) is 0 Å². The van der Waals surface area contributed by atoms with Gasteiger partial charge in [-0.15, -0.1) is 0 Å². The lowest BCUT2D eigenvalue weighted by molar-refractivity contribution is -0.111. The highest BCUT2D eigenvalue weighted by molar-refractivity contribution is 4.36. The largest absolute Gasteiger partial charge is 0.396 e. The van der Waals surface area contributed by atoms with E-state index in [0.29, 0.717) is 6.61 Å². The Labute approximate surface area is 62.0 Å². The minimum atomic E-state index is -0.126. The van der Waals surface area contributed by atoms with Crippen LogP contribution in [0.5, 0.6) is 0 Å². The number of rotatable bonds is 6. The molecule has 0 aliphatic heterocycles. The van der Waals surface area contributed by atoms with Gasteiger partial charge in [-0.05, 0) is 19.8 Å². The summed E-state index contributed by atoms with van der Waals surface area (Å²) in [5, 5.41) is 8.40. The number of hydrogen-bond donors (Lipinski definition) is 1. The van der Waals surface area contributed by atoms with Crippen molar-refractivity contribution in [1.29, 1.82) is 0 Å². The fourth-order valence-corrected chi connectivity index (χ4v) is 0.531. The van der Waals surface area contributed by atoms with E-state index in [1.165, 1.54) is 0 Å². The van der Waals surface area contributed by atoms with Crippen LogP contribution in [0.3, 0.4) is 0 Å². The second-order valence-electron chi connectivity index (χ2n) is 2.10. The lowest BCUT2D eigenvalue weighted by atomic mass is 10.3. The molecule has 0 aromatic carbocycles. The monoisotopic (exact) mass is 148 g/mol. The normalized spacial score (nSPS) is 13.5. The molecule has 1 atom stereocenters. The highest BCUT2D eigenvalue weighted by atomic mass is 16.7. The van der Waals surface area contributed by atoms with Crippen LogP contribution in [-0.4, -0.2) is 31.7 Å². The summed E-state index contributed by atoms with van der Waals surface area (Å²) in [6.45, 7) is 2.75. The van der Waals surface area contributed by atoms with Gasteiger partial charge in [-0.25, -0.2) is 0 Å². The molecule has 0 spiro atoms. The zero-order valence-corrected chi connectivity index (χ0v) is 6.67. The van der Waals surface area contributed by atoms with Gasteiger partial charge >= 0.3 is 0 Å². The maximum Gasteiger partial charge on any atom is 0.154 e. The second kappa shape index (κ2) is 6.99. The molecule has 0 bridgehead atoms. The molecule has 0 saturated carbocycles. The number of aliphatic hydroxyl groups is 1. The van der Waals surface area contributed by atoms with Crippen LogP contribution in [0.4, 0.5) is 0 Å². The topological polar surface area (TPSA) is 38.7 Å². The first-order valence-electron chi connectivity index (χ1n) is 3.56. The zero-order valence-electron chi connectivity index (χ0n) is 6.67. The number of hydrogen-bond acceptors (Lipinski definition) is 3. The van der Waals surface area contributed by atoms with Crippen molar-refractivity contribution < 1.29 is 14.6 Å².